The number of para-hydroxylation sites is 1. The van der Waals surface area contributed by atoms with Gasteiger partial charge in [-0.2, -0.15) is 0 Å². The minimum absolute atomic E-state index is 0.0120. The fourth-order valence-corrected chi connectivity index (χ4v) is 10.7. The second kappa shape index (κ2) is 11.1. The van der Waals surface area contributed by atoms with E-state index in [1.54, 1.807) is 11.3 Å². The summed E-state index contributed by atoms with van der Waals surface area (Å²) in [6.45, 7) is 8.83. The Hall–Kier alpha value is -4.74. The number of aryl methyl sites for hydroxylation is 1. The van der Waals surface area contributed by atoms with Gasteiger partial charge in [-0.05, 0) is 119 Å². The standard InChI is InChI=1S/C47H45BN2OS/c1-30-26-40-43-41(27-30)51-44-37(29-42(52-44)31-14-8-7-9-15-31)48(43)36-23-22-34(28-39(36)49(40)33-20-18-32(19-21-33)45(2,3)4)50-38-17-11-10-16-35(38)46(5)24-12-13-25-47(46,50)6/h7-11,14-23,26-29H,12-13,24-25H2,1-6H3/i6D3. The van der Waals surface area contributed by atoms with E-state index in [1.165, 1.54) is 32.4 Å². The van der Waals surface area contributed by atoms with Crippen molar-refractivity contribution in [2.24, 2.45) is 0 Å². The van der Waals surface area contributed by atoms with Gasteiger partial charge in [-0.3, -0.25) is 0 Å². The highest BCUT2D eigenvalue weighted by atomic mass is 32.1. The Balaban J connectivity index is 1.24. The normalized spacial score (nSPS) is 22.2. The number of ether oxygens (including phenoxy) is 1. The second-order valence-corrected chi connectivity index (χ2v) is 17.6. The Labute approximate surface area is 317 Å². The second-order valence-electron chi connectivity index (χ2n) is 16.6. The van der Waals surface area contributed by atoms with Gasteiger partial charge in [-0.1, -0.05) is 119 Å². The molecule has 1 fully saturated rings. The van der Waals surface area contributed by atoms with Crippen LogP contribution in [0.1, 0.15) is 81.0 Å². The molecule has 3 nitrogen and oxygen atoms in total. The predicted molar refractivity (Wildman–Crippen MR) is 222 cm³/mol. The number of hydrogen-bond donors (Lipinski definition) is 0. The summed E-state index contributed by atoms with van der Waals surface area (Å²) in [5.41, 5.74) is 11.8. The number of anilines is 5. The summed E-state index contributed by atoms with van der Waals surface area (Å²) in [5.74, 6) is 0.896. The SMILES string of the molecule is [2H]C([2H])([2H])C12CCCCC1(C)c1ccccc1N2c1ccc2c(c1)N(c1ccc(C(C)(C)C)cc1)c1cc(C)cc3c1B2c1cc(-c2ccccc2)sc1O3. The molecule has 5 aromatic carbocycles. The summed E-state index contributed by atoms with van der Waals surface area (Å²) in [7, 11) is 0. The van der Waals surface area contributed by atoms with Gasteiger partial charge >= 0.3 is 0 Å². The Kier molecular flexibility index (Phi) is 6.17. The van der Waals surface area contributed by atoms with Gasteiger partial charge in [0.05, 0.1) is 5.54 Å². The number of fused-ring (bicyclic) bond motifs is 7. The minimum atomic E-state index is -2.22. The quantitative estimate of drug-likeness (QED) is 0.171. The van der Waals surface area contributed by atoms with E-state index < -0.39 is 17.8 Å². The van der Waals surface area contributed by atoms with Gasteiger partial charge in [0.2, 0.25) is 0 Å². The Bertz CT molecular complexity index is 2510. The van der Waals surface area contributed by atoms with Crippen LogP contribution >= 0.6 is 11.3 Å². The molecule has 3 aliphatic heterocycles. The van der Waals surface area contributed by atoms with Crippen molar-refractivity contribution < 1.29 is 8.85 Å². The van der Waals surface area contributed by atoms with E-state index >= 15 is 0 Å². The molecular weight excluding hydrogens is 651 g/mol. The van der Waals surface area contributed by atoms with Gasteiger partial charge < -0.3 is 14.5 Å². The molecule has 258 valence electrons. The maximum atomic E-state index is 9.29. The summed E-state index contributed by atoms with van der Waals surface area (Å²) in [6.07, 6.45) is 3.36. The van der Waals surface area contributed by atoms with Crippen molar-refractivity contribution in [2.45, 2.75) is 83.5 Å². The number of nitrogens with zero attached hydrogens (tertiary/aromatic N) is 2. The zero-order chi connectivity index (χ0) is 38.1. The first-order valence-corrected chi connectivity index (χ1v) is 19.6. The van der Waals surface area contributed by atoms with Crippen molar-refractivity contribution in [2.75, 3.05) is 9.80 Å². The molecular formula is C47H45BN2OS. The van der Waals surface area contributed by atoms with Crippen molar-refractivity contribution in [1.82, 2.24) is 0 Å². The molecule has 0 saturated heterocycles. The molecule has 1 aliphatic carbocycles. The molecule has 52 heavy (non-hydrogen) atoms. The summed E-state index contributed by atoms with van der Waals surface area (Å²) < 4.78 is 34.7. The van der Waals surface area contributed by atoms with E-state index in [1.807, 2.05) is 0 Å². The lowest BCUT2D eigenvalue weighted by Crippen LogP contribution is -2.59. The highest BCUT2D eigenvalue weighted by Gasteiger charge is 2.57. The fourth-order valence-electron chi connectivity index (χ4n) is 9.68. The molecule has 5 heteroatoms. The van der Waals surface area contributed by atoms with Crippen LogP contribution in [0.5, 0.6) is 10.8 Å². The number of hydrogen-bond acceptors (Lipinski definition) is 4. The summed E-state index contributed by atoms with van der Waals surface area (Å²) in [6, 6.07) is 41.6. The van der Waals surface area contributed by atoms with Crippen LogP contribution < -0.4 is 30.9 Å². The molecule has 0 spiro atoms. The first-order valence-electron chi connectivity index (χ1n) is 20.3. The fraction of sp³-hybridized carbons (Fsp3) is 0.277. The van der Waals surface area contributed by atoms with E-state index in [0.29, 0.717) is 6.42 Å². The van der Waals surface area contributed by atoms with Crippen molar-refractivity contribution in [1.29, 1.82) is 0 Å². The number of thiophene rings is 1. The topological polar surface area (TPSA) is 15.7 Å². The van der Waals surface area contributed by atoms with Crippen LogP contribution in [-0.4, -0.2) is 12.3 Å². The zero-order valence-electron chi connectivity index (χ0n) is 33.6. The predicted octanol–water partition coefficient (Wildman–Crippen LogP) is 11.2. The molecule has 0 radical (unpaired) electrons. The third kappa shape index (κ3) is 4.44. The molecule has 6 aromatic rings. The highest BCUT2D eigenvalue weighted by molar-refractivity contribution is 7.20. The van der Waals surface area contributed by atoms with Crippen LogP contribution in [0, 0.1) is 6.92 Å². The van der Waals surface area contributed by atoms with Crippen LogP contribution in [0.3, 0.4) is 0 Å². The first-order chi connectivity index (χ1) is 26.3. The van der Waals surface area contributed by atoms with Gasteiger partial charge in [0.25, 0.3) is 6.71 Å². The molecule has 1 saturated carbocycles. The van der Waals surface area contributed by atoms with E-state index in [-0.39, 0.29) is 12.1 Å². The number of rotatable bonds is 3. The Morgan fingerprint density at radius 1 is 0.769 bits per heavy atom. The molecule has 4 aliphatic rings. The van der Waals surface area contributed by atoms with E-state index in [9.17, 15) is 4.11 Å². The van der Waals surface area contributed by atoms with Crippen LogP contribution in [-0.2, 0) is 10.8 Å². The molecule has 0 amide bonds. The molecule has 2 atom stereocenters. The largest absolute Gasteiger partial charge is 0.448 e. The summed E-state index contributed by atoms with van der Waals surface area (Å²) in [5, 5.41) is 0.929. The molecule has 4 heterocycles. The lowest BCUT2D eigenvalue weighted by Gasteiger charge is -2.50. The third-order valence-corrected chi connectivity index (χ3v) is 13.5. The van der Waals surface area contributed by atoms with Gasteiger partial charge in [0.15, 0.2) is 5.06 Å². The van der Waals surface area contributed by atoms with Crippen LogP contribution in [0.4, 0.5) is 28.4 Å². The lowest BCUT2D eigenvalue weighted by atomic mass is 9.34. The van der Waals surface area contributed by atoms with Crippen molar-refractivity contribution in [3.63, 3.8) is 0 Å². The lowest BCUT2D eigenvalue weighted by molar-refractivity contribution is 0.195. The minimum Gasteiger partial charge on any atom is -0.448 e. The van der Waals surface area contributed by atoms with Crippen LogP contribution in [0.25, 0.3) is 10.4 Å². The van der Waals surface area contributed by atoms with Gasteiger partial charge in [0.1, 0.15) is 5.75 Å². The smallest absolute Gasteiger partial charge is 0.257 e. The maximum Gasteiger partial charge on any atom is 0.257 e. The van der Waals surface area contributed by atoms with Gasteiger partial charge in [-0.15, -0.1) is 0 Å². The maximum absolute atomic E-state index is 9.29. The van der Waals surface area contributed by atoms with E-state index in [2.05, 4.69) is 160 Å². The van der Waals surface area contributed by atoms with Gasteiger partial charge in [0, 0.05) is 42.8 Å². The first kappa shape index (κ1) is 28.8. The van der Waals surface area contributed by atoms with Crippen molar-refractivity contribution in [3.8, 4) is 21.3 Å². The Morgan fingerprint density at radius 2 is 1.52 bits per heavy atom. The Morgan fingerprint density at radius 3 is 2.31 bits per heavy atom. The average molecular weight is 700 g/mol. The average Bonchev–Trinajstić information content (AvgIpc) is 3.69. The molecule has 1 aromatic heterocycles. The zero-order valence-corrected chi connectivity index (χ0v) is 31.4. The summed E-state index contributed by atoms with van der Waals surface area (Å²) in [4.78, 5) is 5.82. The molecule has 0 bridgehead atoms. The van der Waals surface area contributed by atoms with E-state index in [0.717, 1.165) is 69.6 Å². The van der Waals surface area contributed by atoms with Crippen LogP contribution in [0.15, 0.2) is 115 Å². The molecule has 2 unspecified atom stereocenters. The van der Waals surface area contributed by atoms with Gasteiger partial charge in [-0.25, -0.2) is 0 Å². The summed E-state index contributed by atoms with van der Waals surface area (Å²) >= 11 is 1.71. The molecule has 10 rings (SSSR count). The highest BCUT2D eigenvalue weighted by Crippen LogP contribution is 2.61. The van der Waals surface area contributed by atoms with E-state index in [4.69, 9.17) is 4.74 Å². The number of benzene rings is 5. The molecule has 0 N–H and O–H groups in total. The van der Waals surface area contributed by atoms with Crippen LogP contribution in [0.2, 0.25) is 0 Å². The van der Waals surface area contributed by atoms with Crippen molar-refractivity contribution in [3.05, 3.63) is 132 Å². The third-order valence-electron chi connectivity index (χ3n) is 12.4. The van der Waals surface area contributed by atoms with Crippen molar-refractivity contribution >= 4 is 62.9 Å². The monoisotopic (exact) mass is 699 g/mol.